The van der Waals surface area contributed by atoms with Crippen LogP contribution < -0.4 is 9.47 Å². The van der Waals surface area contributed by atoms with E-state index in [1.54, 1.807) is 38.1 Å². The maximum Gasteiger partial charge on any atom is 0.338 e. The minimum atomic E-state index is -0.447. The van der Waals surface area contributed by atoms with Gasteiger partial charge in [-0.25, -0.2) is 4.79 Å². The molecule has 3 aromatic carbocycles. The van der Waals surface area contributed by atoms with Crippen molar-refractivity contribution in [2.24, 2.45) is 0 Å². The summed E-state index contributed by atoms with van der Waals surface area (Å²) in [6, 6.07) is 20.8. The highest BCUT2D eigenvalue weighted by atomic mass is 16.5. The molecule has 0 saturated carbocycles. The van der Waals surface area contributed by atoms with E-state index in [4.69, 9.17) is 9.47 Å². The second-order valence-electron chi connectivity index (χ2n) is 7.83. The van der Waals surface area contributed by atoms with E-state index < -0.39 is 5.97 Å². The predicted molar refractivity (Wildman–Crippen MR) is 133 cm³/mol. The van der Waals surface area contributed by atoms with Crippen LogP contribution >= 0.6 is 0 Å². The molecule has 0 aliphatic carbocycles. The lowest BCUT2D eigenvalue weighted by molar-refractivity contribution is -0.133. The fourth-order valence-corrected chi connectivity index (χ4v) is 3.20. The Morgan fingerprint density at radius 3 is 1.88 bits per heavy atom. The van der Waals surface area contributed by atoms with E-state index in [-0.39, 0.29) is 12.4 Å². The quantitative estimate of drug-likeness (QED) is 0.164. The Morgan fingerprint density at radius 1 is 0.788 bits per heavy atom. The molecule has 3 aromatic rings. The zero-order valence-corrected chi connectivity index (χ0v) is 18.9. The van der Waals surface area contributed by atoms with Gasteiger partial charge < -0.3 is 9.47 Å². The second kappa shape index (κ2) is 10.4. The van der Waals surface area contributed by atoms with E-state index in [1.165, 1.54) is 0 Å². The van der Waals surface area contributed by atoms with Crippen LogP contribution in [0.5, 0.6) is 11.5 Å². The van der Waals surface area contributed by atoms with Gasteiger partial charge in [0.05, 0.1) is 6.42 Å². The van der Waals surface area contributed by atoms with E-state index in [9.17, 15) is 9.59 Å². The van der Waals surface area contributed by atoms with Crippen LogP contribution in [0.1, 0.15) is 25.8 Å². The van der Waals surface area contributed by atoms with Crippen LogP contribution in [0.25, 0.3) is 28.3 Å². The molecule has 0 fully saturated rings. The van der Waals surface area contributed by atoms with Crippen LogP contribution in [-0.4, -0.2) is 11.9 Å². The van der Waals surface area contributed by atoms with Crippen LogP contribution in [0.4, 0.5) is 0 Å². The van der Waals surface area contributed by atoms with E-state index in [0.717, 1.165) is 33.4 Å². The molecular formula is C29H26O4. The summed E-state index contributed by atoms with van der Waals surface area (Å²) in [5.74, 6) is 0.190. The molecule has 0 aliphatic heterocycles. The van der Waals surface area contributed by atoms with Crippen molar-refractivity contribution in [2.75, 3.05) is 0 Å². The highest BCUT2D eigenvalue weighted by Gasteiger charge is 2.10. The van der Waals surface area contributed by atoms with Gasteiger partial charge in [0.25, 0.3) is 0 Å². The average molecular weight is 439 g/mol. The summed E-state index contributed by atoms with van der Waals surface area (Å²) in [5.41, 5.74) is 6.07. The number of ether oxygens (including phenoxy) is 2. The van der Waals surface area contributed by atoms with Gasteiger partial charge in [0.2, 0.25) is 0 Å². The van der Waals surface area contributed by atoms with Gasteiger partial charge >= 0.3 is 11.9 Å². The zero-order valence-electron chi connectivity index (χ0n) is 18.9. The molecule has 4 nitrogen and oxygen atoms in total. The van der Waals surface area contributed by atoms with Crippen molar-refractivity contribution in [1.29, 1.82) is 0 Å². The molecule has 0 N–H and O–H groups in total. The molecule has 0 unspecified atom stereocenters. The molecule has 0 amide bonds. The smallest absolute Gasteiger partial charge is 0.338 e. The predicted octanol–water partition coefficient (Wildman–Crippen LogP) is 7.02. The Hall–Kier alpha value is -4.18. The SMILES string of the molecule is C=Cc1cc(-c2ccc(OC(=O)C(=C)C)cc2)ccc1-c1ccc(OC(=O)CC(=C)C)cc1. The van der Waals surface area contributed by atoms with Gasteiger partial charge in [-0.05, 0) is 72.0 Å². The number of benzene rings is 3. The van der Waals surface area contributed by atoms with E-state index in [0.29, 0.717) is 17.1 Å². The molecule has 0 aliphatic rings. The summed E-state index contributed by atoms with van der Waals surface area (Å²) >= 11 is 0. The van der Waals surface area contributed by atoms with Crippen LogP contribution in [0, 0.1) is 0 Å². The summed E-state index contributed by atoms with van der Waals surface area (Å²) in [4.78, 5) is 23.5. The number of hydrogen-bond donors (Lipinski definition) is 0. The largest absolute Gasteiger partial charge is 0.426 e. The van der Waals surface area contributed by atoms with Crippen molar-refractivity contribution in [2.45, 2.75) is 20.3 Å². The zero-order chi connectivity index (χ0) is 24.0. The molecule has 166 valence electrons. The number of carbonyl (C=O) groups is 2. The third kappa shape index (κ3) is 6.17. The van der Waals surface area contributed by atoms with Crippen molar-refractivity contribution in [1.82, 2.24) is 0 Å². The maximum atomic E-state index is 11.8. The van der Waals surface area contributed by atoms with Gasteiger partial charge in [0, 0.05) is 5.57 Å². The van der Waals surface area contributed by atoms with Crippen molar-refractivity contribution in [3.8, 4) is 33.8 Å². The Labute approximate surface area is 194 Å². The molecule has 0 heterocycles. The van der Waals surface area contributed by atoms with Gasteiger partial charge in [0.15, 0.2) is 0 Å². The first kappa shape index (κ1) is 23.5. The minimum absolute atomic E-state index is 0.196. The molecule has 0 radical (unpaired) electrons. The van der Waals surface area contributed by atoms with Crippen LogP contribution in [-0.2, 0) is 9.59 Å². The lowest BCUT2D eigenvalue weighted by atomic mass is 9.95. The minimum Gasteiger partial charge on any atom is -0.426 e. The molecule has 0 spiro atoms. The molecule has 0 bridgehead atoms. The molecule has 0 aromatic heterocycles. The van der Waals surface area contributed by atoms with Gasteiger partial charge in [-0.3, -0.25) is 4.79 Å². The summed E-state index contributed by atoms with van der Waals surface area (Å²) in [6.45, 7) is 14.7. The number of hydrogen-bond acceptors (Lipinski definition) is 4. The lowest BCUT2D eigenvalue weighted by Crippen LogP contribution is -2.07. The molecule has 4 heteroatoms. The second-order valence-corrected chi connectivity index (χ2v) is 7.83. The van der Waals surface area contributed by atoms with Crippen LogP contribution in [0.2, 0.25) is 0 Å². The number of esters is 2. The standard InChI is InChI=1S/C29H26O4/c1-6-21-18-24(22-7-12-26(13-8-22)33-29(31)20(4)5)11-16-27(21)23-9-14-25(15-10-23)32-28(30)17-19(2)3/h6-16,18H,1-2,4,17H2,3,5H3. The maximum absolute atomic E-state index is 11.8. The molecule has 0 saturated heterocycles. The Kier molecular flexibility index (Phi) is 7.42. The van der Waals surface area contributed by atoms with Gasteiger partial charge in [-0.2, -0.15) is 0 Å². The van der Waals surface area contributed by atoms with Gasteiger partial charge in [-0.15, -0.1) is 0 Å². The first-order valence-corrected chi connectivity index (χ1v) is 10.5. The lowest BCUT2D eigenvalue weighted by Gasteiger charge is -2.11. The first-order chi connectivity index (χ1) is 15.8. The summed E-state index contributed by atoms with van der Waals surface area (Å²) in [6.07, 6.45) is 2.00. The Bertz CT molecular complexity index is 1220. The molecular weight excluding hydrogens is 412 g/mol. The molecule has 0 atom stereocenters. The highest BCUT2D eigenvalue weighted by molar-refractivity contribution is 5.89. The third-order valence-corrected chi connectivity index (χ3v) is 4.86. The number of rotatable bonds is 8. The van der Waals surface area contributed by atoms with Crippen LogP contribution in [0.3, 0.4) is 0 Å². The Balaban J connectivity index is 1.79. The normalized spacial score (nSPS) is 10.2. The third-order valence-electron chi connectivity index (χ3n) is 4.86. The van der Waals surface area contributed by atoms with Crippen molar-refractivity contribution >= 4 is 18.0 Å². The highest BCUT2D eigenvalue weighted by Crippen LogP contribution is 2.31. The molecule has 3 rings (SSSR count). The van der Waals surface area contributed by atoms with E-state index >= 15 is 0 Å². The van der Waals surface area contributed by atoms with Crippen molar-refractivity contribution in [3.63, 3.8) is 0 Å². The topological polar surface area (TPSA) is 52.6 Å². The first-order valence-electron chi connectivity index (χ1n) is 10.5. The summed E-state index contributed by atoms with van der Waals surface area (Å²) in [5, 5.41) is 0. The van der Waals surface area contributed by atoms with Crippen molar-refractivity contribution < 1.29 is 19.1 Å². The molecule has 33 heavy (non-hydrogen) atoms. The number of carbonyl (C=O) groups excluding carboxylic acids is 2. The average Bonchev–Trinajstić information content (AvgIpc) is 2.79. The van der Waals surface area contributed by atoms with Gasteiger partial charge in [0.1, 0.15) is 11.5 Å². The van der Waals surface area contributed by atoms with E-state index in [2.05, 4.69) is 25.8 Å². The van der Waals surface area contributed by atoms with E-state index in [1.807, 2.05) is 42.5 Å². The van der Waals surface area contributed by atoms with Crippen molar-refractivity contribution in [3.05, 3.63) is 103 Å². The Morgan fingerprint density at radius 2 is 1.33 bits per heavy atom. The fourth-order valence-electron chi connectivity index (χ4n) is 3.20. The fraction of sp³-hybridized carbons (Fsp3) is 0.103. The van der Waals surface area contributed by atoms with Gasteiger partial charge in [-0.1, -0.05) is 67.8 Å². The summed E-state index contributed by atoms with van der Waals surface area (Å²) in [7, 11) is 0. The summed E-state index contributed by atoms with van der Waals surface area (Å²) < 4.78 is 10.6. The van der Waals surface area contributed by atoms with Crippen LogP contribution in [0.15, 0.2) is 97.6 Å². The monoisotopic (exact) mass is 438 g/mol.